The van der Waals surface area contributed by atoms with Crippen LogP contribution in [0.2, 0.25) is 5.02 Å². The Morgan fingerprint density at radius 1 is 1.44 bits per heavy atom. The number of hydrogen-bond donors (Lipinski definition) is 2. The predicted octanol–water partition coefficient (Wildman–Crippen LogP) is 3.18. The molecular formula is C13H17BrClN3. The molecule has 98 valence electrons. The van der Waals surface area contributed by atoms with E-state index in [-0.39, 0.29) is 0 Å². The molecule has 1 aliphatic carbocycles. The average molecular weight is 331 g/mol. The molecule has 2 rings (SSSR count). The first-order valence-corrected chi connectivity index (χ1v) is 7.24. The standard InChI is InChI=1S/C13H17BrClN3/c1-16-13(17-7-9-2-3-9)18-8-10-4-5-11(14)6-12(10)15/h4-6,9H,2-3,7-8H2,1H3,(H2,16,17,18). The Morgan fingerprint density at radius 2 is 2.22 bits per heavy atom. The van der Waals surface area contributed by atoms with E-state index in [1.54, 1.807) is 7.05 Å². The number of benzene rings is 1. The summed E-state index contributed by atoms with van der Waals surface area (Å²) in [6.45, 7) is 1.68. The molecule has 5 heteroatoms. The van der Waals surface area contributed by atoms with Gasteiger partial charge in [-0.2, -0.15) is 0 Å². The van der Waals surface area contributed by atoms with Crippen molar-refractivity contribution in [3.63, 3.8) is 0 Å². The van der Waals surface area contributed by atoms with Crippen LogP contribution < -0.4 is 10.6 Å². The second-order valence-electron chi connectivity index (χ2n) is 4.49. The van der Waals surface area contributed by atoms with Gasteiger partial charge in [-0.15, -0.1) is 0 Å². The number of rotatable bonds is 4. The molecule has 1 aliphatic rings. The monoisotopic (exact) mass is 329 g/mol. The Bertz CT molecular complexity index is 444. The fraction of sp³-hybridized carbons (Fsp3) is 0.462. The first-order chi connectivity index (χ1) is 8.69. The zero-order valence-electron chi connectivity index (χ0n) is 10.3. The maximum absolute atomic E-state index is 6.16. The van der Waals surface area contributed by atoms with Gasteiger partial charge < -0.3 is 10.6 Å². The summed E-state index contributed by atoms with van der Waals surface area (Å²) in [5, 5.41) is 7.35. The fourth-order valence-corrected chi connectivity index (χ4v) is 2.37. The van der Waals surface area contributed by atoms with E-state index >= 15 is 0 Å². The van der Waals surface area contributed by atoms with Crippen molar-refractivity contribution in [2.45, 2.75) is 19.4 Å². The number of nitrogens with zero attached hydrogens (tertiary/aromatic N) is 1. The van der Waals surface area contributed by atoms with Crippen LogP contribution in [0.25, 0.3) is 0 Å². The maximum atomic E-state index is 6.16. The van der Waals surface area contributed by atoms with Gasteiger partial charge in [-0.05, 0) is 36.5 Å². The third-order valence-electron chi connectivity index (χ3n) is 2.94. The van der Waals surface area contributed by atoms with Gasteiger partial charge in [0.1, 0.15) is 0 Å². The molecule has 3 nitrogen and oxygen atoms in total. The third-order valence-corrected chi connectivity index (χ3v) is 3.79. The minimum Gasteiger partial charge on any atom is -0.356 e. The molecular weight excluding hydrogens is 314 g/mol. The molecule has 0 aliphatic heterocycles. The number of nitrogens with one attached hydrogen (secondary N) is 2. The molecule has 1 fully saturated rings. The fourth-order valence-electron chi connectivity index (χ4n) is 1.63. The summed E-state index contributed by atoms with van der Waals surface area (Å²) in [7, 11) is 1.78. The summed E-state index contributed by atoms with van der Waals surface area (Å²) < 4.78 is 0.993. The van der Waals surface area contributed by atoms with Gasteiger partial charge in [0.05, 0.1) is 0 Å². The molecule has 2 N–H and O–H groups in total. The van der Waals surface area contributed by atoms with E-state index in [0.29, 0.717) is 6.54 Å². The molecule has 0 atom stereocenters. The molecule has 0 radical (unpaired) electrons. The topological polar surface area (TPSA) is 36.4 Å². The van der Waals surface area contributed by atoms with Gasteiger partial charge in [-0.25, -0.2) is 0 Å². The summed E-state index contributed by atoms with van der Waals surface area (Å²) in [6.07, 6.45) is 2.67. The van der Waals surface area contributed by atoms with Gasteiger partial charge in [-0.3, -0.25) is 4.99 Å². The molecule has 1 saturated carbocycles. The largest absolute Gasteiger partial charge is 0.356 e. The Hall–Kier alpha value is -0.740. The highest BCUT2D eigenvalue weighted by molar-refractivity contribution is 9.10. The first-order valence-electron chi connectivity index (χ1n) is 6.07. The number of halogens is 2. The minimum atomic E-state index is 0.677. The van der Waals surface area contributed by atoms with Crippen LogP contribution in [0.5, 0.6) is 0 Å². The van der Waals surface area contributed by atoms with Crippen molar-refractivity contribution in [1.29, 1.82) is 0 Å². The lowest BCUT2D eigenvalue weighted by atomic mass is 10.2. The molecule has 0 bridgehead atoms. The van der Waals surface area contributed by atoms with Crippen molar-refractivity contribution in [3.8, 4) is 0 Å². The van der Waals surface area contributed by atoms with E-state index < -0.39 is 0 Å². The van der Waals surface area contributed by atoms with E-state index in [9.17, 15) is 0 Å². The number of guanidine groups is 1. The van der Waals surface area contributed by atoms with Crippen molar-refractivity contribution >= 4 is 33.5 Å². The van der Waals surface area contributed by atoms with Gasteiger partial charge in [0, 0.05) is 29.6 Å². The van der Waals surface area contributed by atoms with E-state index in [4.69, 9.17) is 11.6 Å². The van der Waals surface area contributed by atoms with E-state index in [2.05, 4.69) is 31.6 Å². The van der Waals surface area contributed by atoms with Gasteiger partial charge in [0.25, 0.3) is 0 Å². The summed E-state index contributed by atoms with van der Waals surface area (Å²) >= 11 is 9.56. The summed E-state index contributed by atoms with van der Waals surface area (Å²) in [4.78, 5) is 4.19. The van der Waals surface area contributed by atoms with Crippen LogP contribution in [-0.2, 0) is 6.54 Å². The normalized spacial score (nSPS) is 15.6. The van der Waals surface area contributed by atoms with Gasteiger partial charge in [-0.1, -0.05) is 33.6 Å². The van der Waals surface area contributed by atoms with Crippen LogP contribution in [0, 0.1) is 5.92 Å². The van der Waals surface area contributed by atoms with Gasteiger partial charge in [0.2, 0.25) is 0 Å². The Labute approximate surface area is 121 Å². The van der Waals surface area contributed by atoms with E-state index in [0.717, 1.165) is 33.5 Å². The predicted molar refractivity (Wildman–Crippen MR) is 80.1 cm³/mol. The molecule has 0 unspecified atom stereocenters. The molecule has 0 saturated heterocycles. The van der Waals surface area contributed by atoms with Crippen molar-refractivity contribution < 1.29 is 0 Å². The first kappa shape index (κ1) is 13.7. The molecule has 18 heavy (non-hydrogen) atoms. The Balaban J connectivity index is 1.84. The lowest BCUT2D eigenvalue weighted by Crippen LogP contribution is -2.37. The number of aliphatic imine (C=N–C) groups is 1. The Kier molecular flexibility index (Phi) is 4.89. The van der Waals surface area contributed by atoms with Crippen LogP contribution >= 0.6 is 27.5 Å². The maximum Gasteiger partial charge on any atom is 0.191 e. The van der Waals surface area contributed by atoms with E-state index in [1.165, 1.54) is 12.8 Å². The second-order valence-corrected chi connectivity index (χ2v) is 5.81. The third kappa shape index (κ3) is 4.18. The van der Waals surface area contributed by atoms with Crippen LogP contribution in [0.15, 0.2) is 27.7 Å². The zero-order valence-corrected chi connectivity index (χ0v) is 12.7. The quantitative estimate of drug-likeness (QED) is 0.657. The van der Waals surface area contributed by atoms with Crippen LogP contribution in [0.3, 0.4) is 0 Å². The van der Waals surface area contributed by atoms with Crippen LogP contribution in [0.4, 0.5) is 0 Å². The molecule has 1 aromatic carbocycles. The lowest BCUT2D eigenvalue weighted by Gasteiger charge is -2.12. The van der Waals surface area contributed by atoms with Crippen LogP contribution in [0.1, 0.15) is 18.4 Å². The SMILES string of the molecule is CN=C(NCc1ccc(Br)cc1Cl)NCC1CC1. The molecule has 1 aromatic rings. The van der Waals surface area contributed by atoms with Crippen LogP contribution in [-0.4, -0.2) is 19.6 Å². The zero-order chi connectivity index (χ0) is 13.0. The second kappa shape index (κ2) is 6.43. The minimum absolute atomic E-state index is 0.677. The molecule has 0 amide bonds. The average Bonchev–Trinajstić information content (AvgIpc) is 3.15. The summed E-state index contributed by atoms with van der Waals surface area (Å²) in [6, 6.07) is 5.90. The molecule has 0 aromatic heterocycles. The van der Waals surface area contributed by atoms with Gasteiger partial charge >= 0.3 is 0 Å². The summed E-state index contributed by atoms with van der Waals surface area (Å²) in [5.41, 5.74) is 1.06. The van der Waals surface area contributed by atoms with E-state index in [1.807, 2.05) is 18.2 Å². The highest BCUT2D eigenvalue weighted by Crippen LogP contribution is 2.27. The Morgan fingerprint density at radius 3 is 2.83 bits per heavy atom. The highest BCUT2D eigenvalue weighted by atomic mass is 79.9. The van der Waals surface area contributed by atoms with Crippen molar-refractivity contribution in [2.24, 2.45) is 10.9 Å². The van der Waals surface area contributed by atoms with Crippen molar-refractivity contribution in [3.05, 3.63) is 33.3 Å². The van der Waals surface area contributed by atoms with Gasteiger partial charge in [0.15, 0.2) is 5.96 Å². The van der Waals surface area contributed by atoms with Crippen molar-refractivity contribution in [1.82, 2.24) is 10.6 Å². The lowest BCUT2D eigenvalue weighted by molar-refractivity contribution is 0.737. The summed E-state index contributed by atoms with van der Waals surface area (Å²) in [5.74, 6) is 1.67. The smallest absolute Gasteiger partial charge is 0.191 e. The molecule has 0 spiro atoms. The molecule has 0 heterocycles. The highest BCUT2D eigenvalue weighted by Gasteiger charge is 2.20. The van der Waals surface area contributed by atoms with Crippen molar-refractivity contribution in [2.75, 3.05) is 13.6 Å². The number of hydrogen-bond acceptors (Lipinski definition) is 1.